The van der Waals surface area contributed by atoms with Crippen LogP contribution < -0.4 is 16.4 Å². The molecule has 1 aromatic heterocycles. The van der Waals surface area contributed by atoms with Gasteiger partial charge in [-0.15, -0.1) is 0 Å². The van der Waals surface area contributed by atoms with Gasteiger partial charge in [-0.25, -0.2) is 9.97 Å². The summed E-state index contributed by atoms with van der Waals surface area (Å²) in [7, 11) is 0. The summed E-state index contributed by atoms with van der Waals surface area (Å²) in [5.74, 6) is 0.700. The predicted octanol–water partition coefficient (Wildman–Crippen LogP) is 2.31. The number of nitrogens with zero attached hydrogens (tertiary/aromatic N) is 3. The highest BCUT2D eigenvalue weighted by Gasteiger charge is 2.43. The van der Waals surface area contributed by atoms with E-state index >= 15 is 0 Å². The molecule has 1 saturated heterocycles. The van der Waals surface area contributed by atoms with E-state index in [9.17, 15) is 13.2 Å². The van der Waals surface area contributed by atoms with Crippen molar-refractivity contribution < 1.29 is 13.2 Å². The molecule has 2 heterocycles. The van der Waals surface area contributed by atoms with E-state index in [1.54, 1.807) is 0 Å². The van der Waals surface area contributed by atoms with E-state index in [2.05, 4.69) is 9.97 Å². The fourth-order valence-electron chi connectivity index (χ4n) is 4.01. The van der Waals surface area contributed by atoms with E-state index in [0.29, 0.717) is 12.4 Å². The number of nitrogens with two attached hydrogens (primary N) is 2. The lowest BCUT2D eigenvalue weighted by Gasteiger charge is -2.48. The lowest BCUT2D eigenvalue weighted by molar-refractivity contribution is -0.141. The minimum atomic E-state index is -4.47. The third kappa shape index (κ3) is 3.35. The number of aromatic nitrogens is 2. The third-order valence-corrected chi connectivity index (χ3v) is 5.50. The van der Waals surface area contributed by atoms with Crippen LogP contribution in [0.25, 0.3) is 0 Å². The first-order valence-electron chi connectivity index (χ1n) is 8.49. The van der Waals surface area contributed by atoms with E-state index in [-0.39, 0.29) is 12.0 Å². The molecule has 4 N–H and O–H groups in total. The summed E-state index contributed by atoms with van der Waals surface area (Å²) in [6.45, 7) is 1.42. The predicted molar refractivity (Wildman–Crippen MR) is 85.3 cm³/mol. The van der Waals surface area contributed by atoms with Crippen molar-refractivity contribution in [2.75, 3.05) is 18.0 Å². The standard InChI is InChI=1S/C16H24F3N5/c17-16(18,19)13-8-23-14(9-22-13)24-7-3-4-11(10-24)15(21)6-2-1-5-12(15)20/h8-9,11-12H,1-7,10,20-21H2/t11-,12?,15?/m0/s1. The van der Waals surface area contributed by atoms with Crippen LogP contribution in [0.2, 0.25) is 0 Å². The van der Waals surface area contributed by atoms with Gasteiger partial charge in [-0.2, -0.15) is 13.2 Å². The maximum absolute atomic E-state index is 12.6. The molecule has 3 atom stereocenters. The average Bonchev–Trinajstić information content (AvgIpc) is 2.57. The van der Waals surface area contributed by atoms with Crippen molar-refractivity contribution in [3.05, 3.63) is 18.1 Å². The number of hydrogen-bond acceptors (Lipinski definition) is 5. The molecule has 0 amide bonds. The average molecular weight is 343 g/mol. The van der Waals surface area contributed by atoms with Crippen LogP contribution in [0.5, 0.6) is 0 Å². The summed E-state index contributed by atoms with van der Waals surface area (Å²) in [4.78, 5) is 9.45. The Labute approximate surface area is 139 Å². The molecule has 0 spiro atoms. The molecule has 0 radical (unpaired) electrons. The van der Waals surface area contributed by atoms with Crippen LogP contribution in [-0.2, 0) is 6.18 Å². The molecule has 0 bridgehead atoms. The van der Waals surface area contributed by atoms with Gasteiger partial charge in [0.2, 0.25) is 0 Å². The van der Waals surface area contributed by atoms with Crippen molar-refractivity contribution in [1.29, 1.82) is 0 Å². The Morgan fingerprint density at radius 3 is 2.54 bits per heavy atom. The third-order valence-electron chi connectivity index (χ3n) is 5.50. The summed E-state index contributed by atoms with van der Waals surface area (Å²) in [6, 6.07) is -0.0186. The van der Waals surface area contributed by atoms with Crippen LogP contribution in [0.15, 0.2) is 12.4 Å². The summed E-state index contributed by atoms with van der Waals surface area (Å²) < 4.78 is 37.8. The monoisotopic (exact) mass is 343 g/mol. The van der Waals surface area contributed by atoms with Gasteiger partial charge in [0.15, 0.2) is 5.69 Å². The second-order valence-electron chi connectivity index (χ2n) is 7.01. The van der Waals surface area contributed by atoms with Gasteiger partial charge in [-0.3, -0.25) is 0 Å². The second kappa shape index (κ2) is 6.48. The van der Waals surface area contributed by atoms with Gasteiger partial charge in [0.1, 0.15) is 5.82 Å². The first-order chi connectivity index (χ1) is 11.3. The summed E-state index contributed by atoms with van der Waals surface area (Å²) in [6.07, 6.45) is 3.50. The molecule has 134 valence electrons. The first-order valence-corrected chi connectivity index (χ1v) is 8.49. The highest BCUT2D eigenvalue weighted by Crippen LogP contribution is 2.37. The van der Waals surface area contributed by atoms with Crippen molar-refractivity contribution in [3.8, 4) is 0 Å². The van der Waals surface area contributed by atoms with Crippen molar-refractivity contribution in [2.45, 2.75) is 56.3 Å². The molecule has 0 aromatic carbocycles. The number of piperidine rings is 1. The van der Waals surface area contributed by atoms with E-state index in [0.717, 1.165) is 51.3 Å². The van der Waals surface area contributed by atoms with E-state index in [1.807, 2.05) is 4.90 Å². The van der Waals surface area contributed by atoms with Crippen LogP contribution in [-0.4, -0.2) is 34.6 Å². The molecule has 2 fully saturated rings. The number of anilines is 1. The Balaban J connectivity index is 1.73. The van der Waals surface area contributed by atoms with Gasteiger partial charge in [-0.05, 0) is 31.6 Å². The zero-order chi connectivity index (χ0) is 17.4. The maximum Gasteiger partial charge on any atom is 0.434 e. The van der Waals surface area contributed by atoms with Crippen LogP contribution in [0.4, 0.5) is 19.0 Å². The van der Waals surface area contributed by atoms with Gasteiger partial charge in [0.25, 0.3) is 0 Å². The number of rotatable bonds is 2. The van der Waals surface area contributed by atoms with Gasteiger partial charge in [0, 0.05) is 24.7 Å². The van der Waals surface area contributed by atoms with E-state index in [1.165, 1.54) is 6.20 Å². The zero-order valence-electron chi connectivity index (χ0n) is 13.6. The van der Waals surface area contributed by atoms with E-state index < -0.39 is 17.4 Å². The highest BCUT2D eigenvalue weighted by molar-refractivity contribution is 5.37. The summed E-state index contributed by atoms with van der Waals surface area (Å²) in [5, 5.41) is 0. The molecule has 1 saturated carbocycles. The molecule has 1 aliphatic heterocycles. The number of alkyl halides is 3. The molecule has 2 aliphatic rings. The minimum Gasteiger partial charge on any atom is -0.355 e. The Morgan fingerprint density at radius 1 is 1.12 bits per heavy atom. The molecule has 24 heavy (non-hydrogen) atoms. The van der Waals surface area contributed by atoms with Crippen LogP contribution in [0.1, 0.15) is 44.2 Å². The van der Waals surface area contributed by atoms with Crippen molar-refractivity contribution in [2.24, 2.45) is 17.4 Å². The SMILES string of the molecule is NC1CCCCC1(N)[C@H]1CCCN(c2cnc(C(F)(F)F)cn2)C1. The maximum atomic E-state index is 12.6. The smallest absolute Gasteiger partial charge is 0.355 e. The van der Waals surface area contributed by atoms with Crippen LogP contribution >= 0.6 is 0 Å². The lowest BCUT2D eigenvalue weighted by atomic mass is 9.68. The molecule has 2 unspecified atom stereocenters. The minimum absolute atomic E-state index is 0.0186. The Bertz CT molecular complexity index is 562. The summed E-state index contributed by atoms with van der Waals surface area (Å²) >= 11 is 0. The molecule has 8 heteroatoms. The first kappa shape index (κ1) is 17.4. The Hall–Kier alpha value is -1.41. The molecule has 1 aliphatic carbocycles. The summed E-state index contributed by atoms with van der Waals surface area (Å²) in [5.41, 5.74) is 11.6. The fourth-order valence-corrected chi connectivity index (χ4v) is 4.01. The van der Waals surface area contributed by atoms with Crippen molar-refractivity contribution >= 4 is 5.82 Å². The number of halogens is 3. The largest absolute Gasteiger partial charge is 0.434 e. The molecule has 5 nitrogen and oxygen atoms in total. The Morgan fingerprint density at radius 2 is 1.92 bits per heavy atom. The van der Waals surface area contributed by atoms with Gasteiger partial charge >= 0.3 is 6.18 Å². The van der Waals surface area contributed by atoms with Gasteiger partial charge < -0.3 is 16.4 Å². The molecule has 1 aromatic rings. The van der Waals surface area contributed by atoms with Crippen LogP contribution in [0, 0.1) is 5.92 Å². The fraction of sp³-hybridized carbons (Fsp3) is 0.750. The van der Waals surface area contributed by atoms with Gasteiger partial charge in [-0.1, -0.05) is 12.8 Å². The zero-order valence-corrected chi connectivity index (χ0v) is 13.6. The topological polar surface area (TPSA) is 81.1 Å². The molecule has 3 rings (SSSR count). The molecular formula is C16H24F3N5. The highest BCUT2D eigenvalue weighted by atomic mass is 19.4. The van der Waals surface area contributed by atoms with E-state index in [4.69, 9.17) is 11.5 Å². The number of hydrogen-bond donors (Lipinski definition) is 2. The lowest BCUT2D eigenvalue weighted by Crippen LogP contribution is -2.64. The Kier molecular flexibility index (Phi) is 4.70. The van der Waals surface area contributed by atoms with Gasteiger partial charge in [0.05, 0.1) is 12.4 Å². The van der Waals surface area contributed by atoms with Crippen molar-refractivity contribution in [3.63, 3.8) is 0 Å². The normalized spacial score (nSPS) is 32.0. The van der Waals surface area contributed by atoms with Crippen molar-refractivity contribution in [1.82, 2.24) is 9.97 Å². The quantitative estimate of drug-likeness (QED) is 0.861. The second-order valence-corrected chi connectivity index (χ2v) is 7.01. The molecular weight excluding hydrogens is 319 g/mol. The van der Waals surface area contributed by atoms with Crippen LogP contribution in [0.3, 0.4) is 0 Å².